The number of carbonyl (C=O) groups excluding carboxylic acids is 1. The van der Waals surface area contributed by atoms with Crippen LogP contribution < -0.4 is 5.32 Å². The van der Waals surface area contributed by atoms with E-state index in [0.29, 0.717) is 17.2 Å². The van der Waals surface area contributed by atoms with Crippen LogP contribution in [0.2, 0.25) is 0 Å². The molecule has 2 atom stereocenters. The smallest absolute Gasteiger partial charge is 0.348 e. The van der Waals surface area contributed by atoms with Crippen LogP contribution in [0.1, 0.15) is 53.6 Å². The standard InChI is InChI=1S/C18H23F3N2O/c1-12-11-13(18(19,20)21)7-8-14(12)17(24)22-15-5-4-6-16(15)23-9-2-3-10-23/h7-8,11,15-16H,2-6,9-10H2,1H3,(H,22,24)/t15-,16+/m1/s1. The van der Waals surface area contributed by atoms with E-state index in [9.17, 15) is 18.0 Å². The minimum atomic E-state index is -4.38. The molecular weight excluding hydrogens is 317 g/mol. The molecule has 3 rings (SSSR count). The Bertz CT molecular complexity index is 609. The lowest BCUT2D eigenvalue weighted by Crippen LogP contribution is -2.47. The van der Waals surface area contributed by atoms with Crippen LogP contribution in [0.3, 0.4) is 0 Å². The molecule has 2 fully saturated rings. The zero-order valence-electron chi connectivity index (χ0n) is 13.8. The molecule has 1 aliphatic heterocycles. The van der Waals surface area contributed by atoms with Crippen molar-refractivity contribution in [3.05, 3.63) is 34.9 Å². The molecule has 3 nitrogen and oxygen atoms in total. The van der Waals surface area contributed by atoms with Gasteiger partial charge in [-0.3, -0.25) is 9.69 Å². The molecule has 1 amide bonds. The van der Waals surface area contributed by atoms with Crippen molar-refractivity contribution in [1.29, 1.82) is 0 Å². The highest BCUT2D eigenvalue weighted by Crippen LogP contribution is 2.31. The molecule has 24 heavy (non-hydrogen) atoms. The first-order valence-electron chi connectivity index (χ1n) is 8.59. The van der Waals surface area contributed by atoms with Crippen LogP contribution in [-0.4, -0.2) is 36.0 Å². The van der Waals surface area contributed by atoms with Gasteiger partial charge in [-0.1, -0.05) is 0 Å². The molecule has 0 radical (unpaired) electrons. The van der Waals surface area contributed by atoms with Crippen LogP contribution in [0, 0.1) is 6.92 Å². The van der Waals surface area contributed by atoms with Gasteiger partial charge in [0.2, 0.25) is 0 Å². The number of carbonyl (C=O) groups is 1. The van der Waals surface area contributed by atoms with Gasteiger partial charge in [-0.2, -0.15) is 13.2 Å². The third-order valence-electron chi connectivity index (χ3n) is 5.20. The van der Waals surface area contributed by atoms with Gasteiger partial charge in [0, 0.05) is 17.6 Å². The summed E-state index contributed by atoms with van der Waals surface area (Å²) in [4.78, 5) is 15.0. The predicted molar refractivity (Wildman–Crippen MR) is 85.9 cm³/mol. The molecule has 1 N–H and O–H groups in total. The van der Waals surface area contributed by atoms with Crippen LogP contribution in [-0.2, 0) is 6.18 Å². The maximum absolute atomic E-state index is 12.7. The van der Waals surface area contributed by atoms with Gasteiger partial charge in [-0.15, -0.1) is 0 Å². The first-order valence-corrected chi connectivity index (χ1v) is 8.59. The molecule has 0 spiro atoms. The summed E-state index contributed by atoms with van der Waals surface area (Å²) in [6.45, 7) is 3.71. The van der Waals surface area contributed by atoms with E-state index in [0.717, 1.165) is 44.5 Å². The molecule has 6 heteroatoms. The highest BCUT2D eigenvalue weighted by molar-refractivity contribution is 5.96. The highest BCUT2D eigenvalue weighted by Gasteiger charge is 2.35. The number of rotatable bonds is 3. The Kier molecular flexibility index (Phi) is 4.85. The molecule has 132 valence electrons. The fraction of sp³-hybridized carbons (Fsp3) is 0.611. The maximum Gasteiger partial charge on any atom is 0.416 e. The molecule has 1 heterocycles. The molecule has 1 aromatic carbocycles. The molecule has 1 aromatic rings. The fourth-order valence-electron chi connectivity index (χ4n) is 3.96. The molecule has 1 saturated heterocycles. The third kappa shape index (κ3) is 3.58. The van der Waals surface area contributed by atoms with Crippen LogP contribution in [0.4, 0.5) is 13.2 Å². The zero-order valence-corrected chi connectivity index (χ0v) is 13.8. The minimum Gasteiger partial charge on any atom is -0.348 e. The molecule has 1 saturated carbocycles. The molecule has 2 aliphatic rings. The summed E-state index contributed by atoms with van der Waals surface area (Å²) < 4.78 is 38.2. The maximum atomic E-state index is 12.7. The summed E-state index contributed by atoms with van der Waals surface area (Å²) in [6, 6.07) is 3.77. The van der Waals surface area contributed by atoms with Crippen molar-refractivity contribution in [2.24, 2.45) is 0 Å². The van der Waals surface area contributed by atoms with E-state index >= 15 is 0 Å². The van der Waals surface area contributed by atoms with Gasteiger partial charge in [0.1, 0.15) is 0 Å². The molecule has 0 bridgehead atoms. The number of nitrogens with zero attached hydrogens (tertiary/aromatic N) is 1. The number of aryl methyl sites for hydroxylation is 1. The van der Waals surface area contributed by atoms with Gasteiger partial charge in [-0.05, 0) is 75.9 Å². The van der Waals surface area contributed by atoms with Crippen molar-refractivity contribution in [3.63, 3.8) is 0 Å². The van der Waals surface area contributed by atoms with Gasteiger partial charge < -0.3 is 5.32 Å². The van der Waals surface area contributed by atoms with E-state index in [1.165, 1.54) is 18.9 Å². The summed E-state index contributed by atoms with van der Waals surface area (Å²) in [7, 11) is 0. The zero-order chi connectivity index (χ0) is 17.3. The Morgan fingerprint density at radius 2 is 1.88 bits per heavy atom. The normalized spacial score (nSPS) is 25.2. The van der Waals surface area contributed by atoms with Crippen LogP contribution in [0.25, 0.3) is 0 Å². The monoisotopic (exact) mass is 340 g/mol. The Hall–Kier alpha value is -1.56. The summed E-state index contributed by atoms with van der Waals surface area (Å²) in [5.41, 5.74) is -0.0273. The van der Waals surface area contributed by atoms with Crippen molar-refractivity contribution in [1.82, 2.24) is 10.2 Å². The quantitative estimate of drug-likeness (QED) is 0.909. The Balaban J connectivity index is 1.70. The van der Waals surface area contributed by atoms with Gasteiger partial charge in [0.05, 0.1) is 5.56 Å². The second-order valence-corrected chi connectivity index (χ2v) is 6.85. The fourth-order valence-corrected chi connectivity index (χ4v) is 3.96. The molecule has 0 aromatic heterocycles. The van der Waals surface area contributed by atoms with Gasteiger partial charge in [0.25, 0.3) is 5.91 Å². The SMILES string of the molecule is Cc1cc(C(F)(F)F)ccc1C(=O)N[C@@H]1CCC[C@@H]1N1CCCC1. The lowest BCUT2D eigenvalue weighted by atomic mass is 10.0. The largest absolute Gasteiger partial charge is 0.416 e. The summed E-state index contributed by atoms with van der Waals surface area (Å²) >= 11 is 0. The number of nitrogens with one attached hydrogen (secondary N) is 1. The van der Waals surface area contributed by atoms with E-state index in [1.807, 2.05) is 0 Å². The van der Waals surface area contributed by atoms with Crippen LogP contribution >= 0.6 is 0 Å². The Morgan fingerprint density at radius 3 is 2.50 bits per heavy atom. The minimum absolute atomic E-state index is 0.0947. The lowest BCUT2D eigenvalue weighted by Gasteiger charge is -2.29. The van der Waals surface area contributed by atoms with E-state index in [4.69, 9.17) is 0 Å². The first-order chi connectivity index (χ1) is 11.4. The first kappa shape index (κ1) is 17.3. The number of hydrogen-bond donors (Lipinski definition) is 1. The van der Waals surface area contributed by atoms with Crippen molar-refractivity contribution >= 4 is 5.91 Å². The Morgan fingerprint density at radius 1 is 1.17 bits per heavy atom. The van der Waals surface area contributed by atoms with Crippen LogP contribution in [0.5, 0.6) is 0 Å². The van der Waals surface area contributed by atoms with Crippen molar-refractivity contribution < 1.29 is 18.0 Å². The number of halogens is 3. The topological polar surface area (TPSA) is 32.3 Å². The van der Waals surface area contributed by atoms with Gasteiger partial charge >= 0.3 is 6.18 Å². The van der Waals surface area contributed by atoms with Crippen molar-refractivity contribution in [2.45, 2.75) is 57.3 Å². The van der Waals surface area contributed by atoms with Gasteiger partial charge in [-0.25, -0.2) is 0 Å². The average Bonchev–Trinajstić information content (AvgIpc) is 3.16. The molecule has 0 unspecified atom stereocenters. The summed E-state index contributed by atoms with van der Waals surface area (Å²) in [5.74, 6) is -0.266. The van der Waals surface area contributed by atoms with Crippen molar-refractivity contribution in [2.75, 3.05) is 13.1 Å². The predicted octanol–water partition coefficient (Wildman–Crippen LogP) is 3.76. The third-order valence-corrected chi connectivity index (χ3v) is 5.20. The summed E-state index contributed by atoms with van der Waals surface area (Å²) in [5, 5.41) is 3.06. The number of amides is 1. The second-order valence-electron chi connectivity index (χ2n) is 6.85. The van der Waals surface area contributed by atoms with E-state index < -0.39 is 11.7 Å². The lowest BCUT2D eigenvalue weighted by molar-refractivity contribution is -0.137. The second kappa shape index (κ2) is 6.75. The van der Waals surface area contributed by atoms with E-state index in [2.05, 4.69) is 10.2 Å². The average molecular weight is 340 g/mol. The van der Waals surface area contributed by atoms with E-state index in [-0.39, 0.29) is 11.9 Å². The molecular formula is C18H23F3N2O. The number of alkyl halides is 3. The van der Waals surface area contributed by atoms with Gasteiger partial charge in [0.15, 0.2) is 0 Å². The number of hydrogen-bond acceptors (Lipinski definition) is 2. The Labute approximate surface area is 140 Å². The highest BCUT2D eigenvalue weighted by atomic mass is 19.4. The number of likely N-dealkylation sites (tertiary alicyclic amines) is 1. The molecule has 1 aliphatic carbocycles. The number of benzene rings is 1. The van der Waals surface area contributed by atoms with E-state index in [1.54, 1.807) is 6.92 Å². The summed E-state index contributed by atoms with van der Waals surface area (Å²) in [6.07, 6.45) is 1.12. The van der Waals surface area contributed by atoms with Crippen molar-refractivity contribution in [3.8, 4) is 0 Å². The van der Waals surface area contributed by atoms with Crippen LogP contribution in [0.15, 0.2) is 18.2 Å².